The van der Waals surface area contributed by atoms with Crippen LogP contribution in [0.2, 0.25) is 0 Å². The summed E-state index contributed by atoms with van der Waals surface area (Å²) in [6.07, 6.45) is 5.07. The highest BCUT2D eigenvalue weighted by molar-refractivity contribution is 5.81. The zero-order valence-corrected chi connectivity index (χ0v) is 8.25. The van der Waals surface area contributed by atoms with Crippen molar-refractivity contribution >= 4 is 5.91 Å². The van der Waals surface area contributed by atoms with Crippen LogP contribution >= 0.6 is 0 Å². The Morgan fingerprint density at radius 1 is 1.69 bits per heavy atom. The van der Waals surface area contributed by atoms with Gasteiger partial charge in [-0.05, 0) is 19.4 Å². The van der Waals surface area contributed by atoms with Gasteiger partial charge >= 0.3 is 0 Å². The molecular weight excluding hydrogens is 164 g/mol. The van der Waals surface area contributed by atoms with Gasteiger partial charge in [-0.1, -0.05) is 12.5 Å². The Morgan fingerprint density at radius 2 is 2.46 bits per heavy atom. The zero-order chi connectivity index (χ0) is 9.68. The van der Waals surface area contributed by atoms with E-state index in [1.54, 1.807) is 11.0 Å². The van der Waals surface area contributed by atoms with Crippen molar-refractivity contribution in [3.63, 3.8) is 0 Å². The molecule has 0 aromatic rings. The van der Waals surface area contributed by atoms with Crippen LogP contribution in [0.5, 0.6) is 0 Å². The first-order valence-corrected chi connectivity index (χ1v) is 4.85. The number of nitrogens with zero attached hydrogens (tertiary/aromatic N) is 1. The van der Waals surface area contributed by atoms with Gasteiger partial charge in [-0.15, -0.1) is 6.58 Å². The van der Waals surface area contributed by atoms with Crippen molar-refractivity contribution in [2.45, 2.75) is 25.3 Å². The lowest BCUT2D eigenvalue weighted by Gasteiger charge is -2.26. The van der Waals surface area contributed by atoms with Crippen LogP contribution in [-0.2, 0) is 4.79 Å². The van der Waals surface area contributed by atoms with Crippen molar-refractivity contribution in [1.82, 2.24) is 10.2 Å². The second-order valence-corrected chi connectivity index (χ2v) is 3.51. The van der Waals surface area contributed by atoms with Crippen molar-refractivity contribution < 1.29 is 4.79 Å². The molecule has 0 radical (unpaired) electrons. The van der Waals surface area contributed by atoms with E-state index in [1.165, 1.54) is 6.42 Å². The molecule has 13 heavy (non-hydrogen) atoms. The SMILES string of the molecule is C=CCN(C)C(=O)[C@@H]1CCCCN1. The molecule has 1 amide bonds. The summed E-state index contributed by atoms with van der Waals surface area (Å²) in [5.41, 5.74) is 0. The number of rotatable bonds is 3. The van der Waals surface area contributed by atoms with E-state index in [0.29, 0.717) is 6.54 Å². The molecule has 1 aliphatic rings. The standard InChI is InChI=1S/C10H18N2O/c1-3-8-12(2)10(13)9-6-4-5-7-11-9/h3,9,11H,1,4-8H2,2H3/t9-/m0/s1. The van der Waals surface area contributed by atoms with Crippen LogP contribution in [0.15, 0.2) is 12.7 Å². The van der Waals surface area contributed by atoms with Gasteiger partial charge in [-0.25, -0.2) is 0 Å². The van der Waals surface area contributed by atoms with E-state index in [0.717, 1.165) is 19.4 Å². The van der Waals surface area contributed by atoms with Gasteiger partial charge in [-0.3, -0.25) is 4.79 Å². The van der Waals surface area contributed by atoms with E-state index < -0.39 is 0 Å². The minimum absolute atomic E-state index is 0.0405. The molecule has 0 spiro atoms. The van der Waals surface area contributed by atoms with Crippen LogP contribution in [0.25, 0.3) is 0 Å². The number of amides is 1. The van der Waals surface area contributed by atoms with Gasteiger partial charge in [0.25, 0.3) is 0 Å². The van der Waals surface area contributed by atoms with Gasteiger partial charge in [0.2, 0.25) is 5.91 Å². The van der Waals surface area contributed by atoms with Crippen molar-refractivity contribution in [3.8, 4) is 0 Å². The molecule has 0 bridgehead atoms. The summed E-state index contributed by atoms with van der Waals surface area (Å²) in [6.45, 7) is 5.22. The maximum absolute atomic E-state index is 11.7. The molecule has 0 aromatic heterocycles. The van der Waals surface area contributed by atoms with E-state index in [9.17, 15) is 4.79 Å². The fourth-order valence-electron chi connectivity index (χ4n) is 1.61. The maximum Gasteiger partial charge on any atom is 0.239 e. The van der Waals surface area contributed by atoms with Gasteiger partial charge in [0.15, 0.2) is 0 Å². The van der Waals surface area contributed by atoms with Crippen molar-refractivity contribution in [3.05, 3.63) is 12.7 Å². The average Bonchev–Trinajstić information content (AvgIpc) is 2.18. The van der Waals surface area contributed by atoms with Gasteiger partial charge in [0.1, 0.15) is 0 Å². The number of hydrogen-bond donors (Lipinski definition) is 1. The van der Waals surface area contributed by atoms with Gasteiger partial charge in [0, 0.05) is 13.6 Å². The van der Waals surface area contributed by atoms with Gasteiger partial charge < -0.3 is 10.2 Å². The fourth-order valence-corrected chi connectivity index (χ4v) is 1.61. The van der Waals surface area contributed by atoms with Gasteiger partial charge in [-0.2, -0.15) is 0 Å². The summed E-state index contributed by atoms with van der Waals surface area (Å²) in [4.78, 5) is 13.4. The Kier molecular flexibility index (Phi) is 3.96. The summed E-state index contributed by atoms with van der Waals surface area (Å²) in [5, 5.41) is 3.23. The van der Waals surface area contributed by atoms with Crippen molar-refractivity contribution in [1.29, 1.82) is 0 Å². The Labute approximate surface area is 79.8 Å². The minimum Gasteiger partial charge on any atom is -0.341 e. The van der Waals surface area contributed by atoms with Crippen molar-refractivity contribution in [2.24, 2.45) is 0 Å². The Hall–Kier alpha value is -0.830. The van der Waals surface area contributed by atoms with Gasteiger partial charge in [0.05, 0.1) is 6.04 Å². The third-order valence-electron chi connectivity index (χ3n) is 2.39. The van der Waals surface area contributed by atoms with E-state index >= 15 is 0 Å². The van der Waals surface area contributed by atoms with Crippen LogP contribution in [-0.4, -0.2) is 37.0 Å². The molecule has 0 aliphatic carbocycles. The first-order chi connectivity index (χ1) is 6.25. The van der Waals surface area contributed by atoms with Crippen LogP contribution in [0.1, 0.15) is 19.3 Å². The van der Waals surface area contributed by atoms with Crippen LogP contribution in [0.4, 0.5) is 0 Å². The Balaban J connectivity index is 2.40. The largest absolute Gasteiger partial charge is 0.341 e. The average molecular weight is 182 g/mol. The highest BCUT2D eigenvalue weighted by Gasteiger charge is 2.22. The third kappa shape index (κ3) is 2.84. The molecule has 3 nitrogen and oxygen atoms in total. The maximum atomic E-state index is 11.7. The first kappa shape index (κ1) is 10.3. The molecule has 1 aliphatic heterocycles. The van der Waals surface area contributed by atoms with E-state index in [2.05, 4.69) is 11.9 Å². The lowest BCUT2D eigenvalue weighted by atomic mass is 10.0. The molecule has 1 fully saturated rings. The number of carbonyl (C=O) groups excluding carboxylic acids is 1. The molecule has 1 saturated heterocycles. The molecule has 3 heteroatoms. The zero-order valence-electron chi connectivity index (χ0n) is 8.25. The second-order valence-electron chi connectivity index (χ2n) is 3.51. The van der Waals surface area contributed by atoms with Crippen LogP contribution in [0, 0.1) is 0 Å². The van der Waals surface area contributed by atoms with E-state index in [-0.39, 0.29) is 11.9 Å². The summed E-state index contributed by atoms with van der Waals surface area (Å²) in [7, 11) is 1.82. The predicted molar refractivity (Wildman–Crippen MR) is 53.5 cm³/mol. The summed E-state index contributed by atoms with van der Waals surface area (Å²) >= 11 is 0. The topological polar surface area (TPSA) is 32.3 Å². The quantitative estimate of drug-likeness (QED) is 0.654. The normalized spacial score (nSPS) is 22.4. The molecular formula is C10H18N2O. The van der Waals surface area contributed by atoms with E-state index in [1.807, 2.05) is 7.05 Å². The smallest absolute Gasteiger partial charge is 0.239 e. The fraction of sp³-hybridized carbons (Fsp3) is 0.700. The Bertz CT molecular complexity index is 185. The molecule has 1 N–H and O–H groups in total. The van der Waals surface area contributed by atoms with Crippen molar-refractivity contribution in [2.75, 3.05) is 20.1 Å². The molecule has 1 heterocycles. The van der Waals surface area contributed by atoms with Crippen LogP contribution in [0.3, 0.4) is 0 Å². The number of nitrogens with one attached hydrogen (secondary N) is 1. The second kappa shape index (κ2) is 5.02. The molecule has 74 valence electrons. The molecule has 1 atom stereocenters. The minimum atomic E-state index is 0.0405. The highest BCUT2D eigenvalue weighted by Crippen LogP contribution is 2.08. The molecule has 0 saturated carbocycles. The summed E-state index contributed by atoms with van der Waals surface area (Å²) < 4.78 is 0. The molecule has 1 rings (SSSR count). The Morgan fingerprint density at radius 3 is 3.00 bits per heavy atom. The number of hydrogen-bond acceptors (Lipinski definition) is 2. The number of likely N-dealkylation sites (N-methyl/N-ethyl adjacent to an activating group) is 1. The number of carbonyl (C=O) groups is 1. The lowest BCUT2D eigenvalue weighted by molar-refractivity contribution is -0.132. The molecule has 0 aromatic carbocycles. The third-order valence-corrected chi connectivity index (χ3v) is 2.39. The monoisotopic (exact) mass is 182 g/mol. The van der Waals surface area contributed by atoms with Crippen LogP contribution < -0.4 is 5.32 Å². The van der Waals surface area contributed by atoms with E-state index in [4.69, 9.17) is 0 Å². The number of piperidine rings is 1. The lowest BCUT2D eigenvalue weighted by Crippen LogP contribution is -2.47. The first-order valence-electron chi connectivity index (χ1n) is 4.85. The highest BCUT2D eigenvalue weighted by atomic mass is 16.2. The summed E-state index contributed by atoms with van der Waals surface area (Å²) in [6, 6.07) is 0.0405. The molecule has 0 unspecified atom stereocenters. The predicted octanol–water partition coefficient (Wildman–Crippen LogP) is 0.773. The summed E-state index contributed by atoms with van der Waals surface area (Å²) in [5.74, 6) is 0.194.